The lowest BCUT2D eigenvalue weighted by atomic mass is 10.2. The van der Waals surface area contributed by atoms with Gasteiger partial charge in [-0.25, -0.2) is 0 Å². The van der Waals surface area contributed by atoms with Crippen LogP contribution in [0.3, 0.4) is 0 Å². The maximum atomic E-state index is 9.15. The first-order valence-electron chi connectivity index (χ1n) is 5.71. The predicted molar refractivity (Wildman–Crippen MR) is 66.7 cm³/mol. The average Bonchev–Trinajstić information content (AvgIpc) is 2.73. The molecule has 0 fully saturated rings. The normalized spacial score (nSPS) is 10.6. The lowest BCUT2D eigenvalue weighted by Gasteiger charge is -2.03. The molecule has 0 radical (unpaired) electrons. The summed E-state index contributed by atoms with van der Waals surface area (Å²) in [5, 5.41) is 16.8. The highest BCUT2D eigenvalue weighted by Crippen LogP contribution is 2.09. The predicted octanol–water partition coefficient (Wildman–Crippen LogP) is 1.46. The Bertz CT molecular complexity index is 462. The number of aromatic hydroxyl groups is 1. The van der Waals surface area contributed by atoms with Crippen molar-refractivity contribution < 1.29 is 5.11 Å². The Labute approximate surface area is 101 Å². The summed E-state index contributed by atoms with van der Waals surface area (Å²) in [5.41, 5.74) is 2.27. The Morgan fingerprint density at radius 3 is 2.65 bits per heavy atom. The molecule has 0 aliphatic heterocycles. The fourth-order valence-electron chi connectivity index (χ4n) is 1.66. The van der Waals surface area contributed by atoms with Crippen molar-refractivity contribution in [1.29, 1.82) is 0 Å². The van der Waals surface area contributed by atoms with E-state index in [2.05, 4.69) is 10.4 Å². The molecule has 1 heterocycles. The molecule has 4 nitrogen and oxygen atoms in total. The van der Waals surface area contributed by atoms with E-state index in [1.165, 1.54) is 5.56 Å². The van der Waals surface area contributed by atoms with Crippen LogP contribution in [0, 0.1) is 0 Å². The molecule has 0 saturated heterocycles. The van der Waals surface area contributed by atoms with Crippen LogP contribution in [0.5, 0.6) is 5.75 Å². The number of phenolic OH excluding ortho intramolecular Hbond substituents is 1. The van der Waals surface area contributed by atoms with Crippen molar-refractivity contribution in [3.8, 4) is 5.75 Å². The summed E-state index contributed by atoms with van der Waals surface area (Å²) in [6.07, 6.45) is 2.88. The Morgan fingerprint density at radius 2 is 2.00 bits per heavy atom. The van der Waals surface area contributed by atoms with Gasteiger partial charge in [0.2, 0.25) is 0 Å². The van der Waals surface area contributed by atoms with Gasteiger partial charge in [0.25, 0.3) is 0 Å². The second-order valence-electron chi connectivity index (χ2n) is 4.07. The first kappa shape index (κ1) is 11.7. The van der Waals surface area contributed by atoms with Gasteiger partial charge in [-0.2, -0.15) is 5.10 Å². The Kier molecular flexibility index (Phi) is 3.77. The second-order valence-corrected chi connectivity index (χ2v) is 4.07. The minimum Gasteiger partial charge on any atom is -0.508 e. The summed E-state index contributed by atoms with van der Waals surface area (Å²) < 4.78 is 1.81. The standard InChI is InChI=1S/C13H17N3O/c1-16-9-7-12(15-16)6-8-14-10-11-2-4-13(17)5-3-11/h2-5,7,9,14,17H,6,8,10H2,1H3. The van der Waals surface area contributed by atoms with Gasteiger partial charge in [-0.05, 0) is 23.8 Å². The van der Waals surface area contributed by atoms with Gasteiger partial charge >= 0.3 is 0 Å². The fourth-order valence-corrected chi connectivity index (χ4v) is 1.66. The molecule has 2 N–H and O–H groups in total. The zero-order chi connectivity index (χ0) is 12.1. The summed E-state index contributed by atoms with van der Waals surface area (Å²) >= 11 is 0. The van der Waals surface area contributed by atoms with Crippen LogP contribution in [0.1, 0.15) is 11.3 Å². The van der Waals surface area contributed by atoms with Crippen molar-refractivity contribution in [2.24, 2.45) is 7.05 Å². The van der Waals surface area contributed by atoms with Crippen LogP contribution in [0.15, 0.2) is 36.5 Å². The zero-order valence-corrected chi connectivity index (χ0v) is 9.93. The molecule has 0 unspecified atom stereocenters. The number of rotatable bonds is 5. The van der Waals surface area contributed by atoms with E-state index in [0.29, 0.717) is 5.75 Å². The molecule has 0 spiro atoms. The molecule has 0 amide bonds. The number of hydrogen-bond acceptors (Lipinski definition) is 3. The van der Waals surface area contributed by atoms with E-state index in [-0.39, 0.29) is 0 Å². The van der Waals surface area contributed by atoms with E-state index in [1.807, 2.05) is 36.1 Å². The summed E-state index contributed by atoms with van der Waals surface area (Å²) in [4.78, 5) is 0. The SMILES string of the molecule is Cn1ccc(CCNCc2ccc(O)cc2)n1. The average molecular weight is 231 g/mol. The summed E-state index contributed by atoms with van der Waals surface area (Å²) in [6, 6.07) is 9.28. The summed E-state index contributed by atoms with van der Waals surface area (Å²) in [5.74, 6) is 0.308. The number of nitrogens with one attached hydrogen (secondary N) is 1. The quantitative estimate of drug-likeness (QED) is 0.766. The third-order valence-corrected chi connectivity index (χ3v) is 2.59. The van der Waals surface area contributed by atoms with Gasteiger partial charge in [-0.3, -0.25) is 4.68 Å². The number of phenols is 1. The molecule has 17 heavy (non-hydrogen) atoms. The van der Waals surface area contributed by atoms with Gasteiger partial charge in [-0.1, -0.05) is 12.1 Å². The van der Waals surface area contributed by atoms with Crippen molar-refractivity contribution in [1.82, 2.24) is 15.1 Å². The fraction of sp³-hybridized carbons (Fsp3) is 0.308. The summed E-state index contributed by atoms with van der Waals surface area (Å²) in [7, 11) is 1.92. The van der Waals surface area contributed by atoms with E-state index < -0.39 is 0 Å². The van der Waals surface area contributed by atoms with Crippen LogP contribution < -0.4 is 5.32 Å². The van der Waals surface area contributed by atoms with Crippen molar-refractivity contribution in [2.75, 3.05) is 6.54 Å². The minimum atomic E-state index is 0.308. The highest BCUT2D eigenvalue weighted by Gasteiger charge is 1.97. The lowest BCUT2D eigenvalue weighted by Crippen LogP contribution is -2.16. The molecular weight excluding hydrogens is 214 g/mol. The molecule has 1 aromatic heterocycles. The number of benzene rings is 1. The topological polar surface area (TPSA) is 50.1 Å². The first-order chi connectivity index (χ1) is 8.24. The number of nitrogens with zero attached hydrogens (tertiary/aromatic N) is 2. The van der Waals surface area contributed by atoms with Crippen molar-refractivity contribution in [3.63, 3.8) is 0 Å². The monoisotopic (exact) mass is 231 g/mol. The van der Waals surface area contributed by atoms with Crippen molar-refractivity contribution in [3.05, 3.63) is 47.8 Å². The summed E-state index contributed by atoms with van der Waals surface area (Å²) in [6.45, 7) is 1.71. The van der Waals surface area contributed by atoms with Crippen molar-refractivity contribution in [2.45, 2.75) is 13.0 Å². The van der Waals surface area contributed by atoms with Gasteiger partial charge in [0.15, 0.2) is 0 Å². The van der Waals surface area contributed by atoms with Crippen LogP contribution >= 0.6 is 0 Å². The number of hydrogen-bond donors (Lipinski definition) is 2. The third kappa shape index (κ3) is 3.60. The molecule has 0 saturated carbocycles. The minimum absolute atomic E-state index is 0.308. The van der Waals surface area contributed by atoms with E-state index >= 15 is 0 Å². The molecule has 4 heteroatoms. The number of aryl methyl sites for hydroxylation is 1. The van der Waals surface area contributed by atoms with Crippen LogP contribution in [-0.2, 0) is 20.0 Å². The van der Waals surface area contributed by atoms with Gasteiger partial charge in [0.05, 0.1) is 5.69 Å². The Hall–Kier alpha value is -1.81. The second kappa shape index (κ2) is 5.50. The number of aromatic nitrogens is 2. The molecule has 0 aliphatic rings. The lowest BCUT2D eigenvalue weighted by molar-refractivity contribution is 0.475. The molecule has 0 bridgehead atoms. The molecule has 2 rings (SSSR count). The van der Waals surface area contributed by atoms with Gasteiger partial charge in [0, 0.05) is 32.8 Å². The maximum Gasteiger partial charge on any atom is 0.115 e. The highest BCUT2D eigenvalue weighted by atomic mass is 16.3. The zero-order valence-electron chi connectivity index (χ0n) is 9.93. The van der Waals surface area contributed by atoms with E-state index in [1.54, 1.807) is 12.1 Å². The van der Waals surface area contributed by atoms with Crippen LogP contribution in [-0.4, -0.2) is 21.4 Å². The molecule has 0 aliphatic carbocycles. The highest BCUT2D eigenvalue weighted by molar-refractivity contribution is 5.25. The van der Waals surface area contributed by atoms with Crippen LogP contribution in [0.2, 0.25) is 0 Å². The van der Waals surface area contributed by atoms with Gasteiger partial charge < -0.3 is 10.4 Å². The Morgan fingerprint density at radius 1 is 1.24 bits per heavy atom. The van der Waals surface area contributed by atoms with E-state index in [4.69, 9.17) is 5.11 Å². The maximum absolute atomic E-state index is 9.15. The smallest absolute Gasteiger partial charge is 0.115 e. The van der Waals surface area contributed by atoms with Gasteiger partial charge in [0.1, 0.15) is 5.75 Å². The molecule has 2 aromatic rings. The van der Waals surface area contributed by atoms with Crippen LogP contribution in [0.4, 0.5) is 0 Å². The van der Waals surface area contributed by atoms with Crippen molar-refractivity contribution >= 4 is 0 Å². The molecule has 1 aromatic carbocycles. The molecule has 90 valence electrons. The van der Waals surface area contributed by atoms with Crippen LogP contribution in [0.25, 0.3) is 0 Å². The van der Waals surface area contributed by atoms with E-state index in [0.717, 1.165) is 25.2 Å². The molecular formula is C13H17N3O. The largest absolute Gasteiger partial charge is 0.508 e. The first-order valence-corrected chi connectivity index (χ1v) is 5.71. The van der Waals surface area contributed by atoms with Gasteiger partial charge in [-0.15, -0.1) is 0 Å². The Balaban J connectivity index is 1.71. The van der Waals surface area contributed by atoms with E-state index in [9.17, 15) is 0 Å². The third-order valence-electron chi connectivity index (χ3n) is 2.59. The molecule has 0 atom stereocenters.